The summed E-state index contributed by atoms with van der Waals surface area (Å²) >= 11 is 0. The molecule has 1 aliphatic carbocycles. The first kappa shape index (κ1) is 19.1. The van der Waals surface area contributed by atoms with Crippen molar-refractivity contribution >= 4 is 33.8 Å². The number of hydrogen-bond donors (Lipinski definition) is 1. The number of ether oxygens (including phenoxy) is 2. The van der Waals surface area contributed by atoms with Crippen LogP contribution in [0.3, 0.4) is 0 Å². The van der Waals surface area contributed by atoms with E-state index in [0.717, 1.165) is 45.2 Å². The lowest BCUT2D eigenvalue weighted by molar-refractivity contribution is 0.279. The van der Waals surface area contributed by atoms with Gasteiger partial charge in [-0.1, -0.05) is 24.3 Å². The van der Waals surface area contributed by atoms with E-state index in [1.54, 1.807) is 0 Å². The maximum atomic E-state index is 6.46. The van der Waals surface area contributed by atoms with Crippen molar-refractivity contribution in [1.82, 2.24) is 9.97 Å². The molecule has 0 saturated carbocycles. The minimum absolute atomic E-state index is 0.442. The molecule has 8 nitrogen and oxygen atoms in total. The van der Waals surface area contributed by atoms with Gasteiger partial charge in [-0.2, -0.15) is 0 Å². The molecular formula is C29H16N4O4. The number of fused-ring (bicyclic) bond motifs is 9. The minimum Gasteiger partial charge on any atom is -0.464 e. The quantitative estimate of drug-likeness (QED) is 0.275. The van der Waals surface area contributed by atoms with Gasteiger partial charge in [0, 0.05) is 6.42 Å². The Balaban J connectivity index is 1.38. The van der Waals surface area contributed by atoms with Gasteiger partial charge in [0.25, 0.3) is 0 Å². The Hall–Kier alpha value is -5.11. The SMILES string of the molecule is C1=CC2=C3CC(=C1)N=C(O3)c1cccc3oc(nc13)-c1cccc3nc(oc13)-c1cccc3c1NC2O3. The molecule has 3 aromatic carbocycles. The summed E-state index contributed by atoms with van der Waals surface area (Å²) in [6.07, 6.45) is 6.10. The van der Waals surface area contributed by atoms with Gasteiger partial charge in [-0.15, -0.1) is 0 Å². The van der Waals surface area contributed by atoms with E-state index in [9.17, 15) is 0 Å². The van der Waals surface area contributed by atoms with Crippen LogP contribution in [0.5, 0.6) is 5.75 Å². The van der Waals surface area contributed by atoms with Gasteiger partial charge in [0.15, 0.2) is 17.4 Å². The first-order valence-electron chi connectivity index (χ1n) is 12.0. The number of allylic oxidation sites excluding steroid dienone is 2. The van der Waals surface area contributed by atoms with Crippen LogP contribution in [-0.4, -0.2) is 22.1 Å². The Kier molecular flexibility index (Phi) is 3.49. The van der Waals surface area contributed by atoms with Gasteiger partial charge in [0.1, 0.15) is 22.5 Å². The highest BCUT2D eigenvalue weighted by Crippen LogP contribution is 2.44. The second kappa shape index (κ2) is 6.76. The number of para-hydroxylation sites is 3. The fourth-order valence-electron chi connectivity index (χ4n) is 5.33. The van der Waals surface area contributed by atoms with Gasteiger partial charge in [-0.05, 0) is 48.6 Å². The summed E-state index contributed by atoms with van der Waals surface area (Å²) in [7, 11) is 0. The Bertz CT molecular complexity index is 1960. The molecule has 5 heterocycles. The second-order valence-electron chi connectivity index (χ2n) is 9.26. The number of oxazole rings is 2. The lowest BCUT2D eigenvalue weighted by atomic mass is 10.1. The topological polar surface area (TPSA) is 94.9 Å². The monoisotopic (exact) mass is 484 g/mol. The summed E-state index contributed by atoms with van der Waals surface area (Å²) in [6, 6.07) is 17.4. The molecule has 1 N–H and O–H groups in total. The van der Waals surface area contributed by atoms with Crippen molar-refractivity contribution in [3.05, 3.63) is 95.4 Å². The highest BCUT2D eigenvalue weighted by atomic mass is 16.5. The van der Waals surface area contributed by atoms with Crippen molar-refractivity contribution in [3.8, 4) is 28.7 Å². The number of anilines is 1. The van der Waals surface area contributed by atoms with Crippen LogP contribution >= 0.6 is 0 Å². The van der Waals surface area contributed by atoms with Gasteiger partial charge in [0.05, 0.1) is 33.6 Å². The summed E-state index contributed by atoms with van der Waals surface area (Å²) in [4.78, 5) is 14.5. The van der Waals surface area contributed by atoms with Crippen LogP contribution in [0.4, 0.5) is 5.69 Å². The van der Waals surface area contributed by atoms with E-state index >= 15 is 0 Å². The third-order valence-corrected chi connectivity index (χ3v) is 7.05. The standard InChI is InChI=1S/C29H16N4O4/c1-5-14-13-22-15(6-1)26-32-24-17(8-4-11-20(24)34-26)28-31-19-10-2-9-18(25(19)37-28)29-33-23-16(27(30-14)36-22)7-3-12-21(23)35-29/h1-12,26,32H,13H2. The third-order valence-electron chi connectivity index (χ3n) is 7.05. The molecule has 176 valence electrons. The van der Waals surface area contributed by atoms with Crippen LogP contribution in [0.25, 0.3) is 45.1 Å². The van der Waals surface area contributed by atoms with E-state index in [1.165, 1.54) is 0 Å². The van der Waals surface area contributed by atoms with Gasteiger partial charge < -0.3 is 23.6 Å². The molecule has 0 fully saturated rings. The lowest BCUT2D eigenvalue weighted by Gasteiger charge is -2.22. The number of aliphatic imine (C=N–C) groups is 1. The Labute approximate surface area is 209 Å². The summed E-state index contributed by atoms with van der Waals surface area (Å²) in [5, 5.41) is 3.54. The minimum atomic E-state index is -0.447. The largest absolute Gasteiger partial charge is 0.464 e. The molecule has 2 aromatic heterocycles. The summed E-state index contributed by atoms with van der Waals surface area (Å²) in [5.41, 5.74) is 7.50. The van der Waals surface area contributed by atoms with Crippen molar-refractivity contribution in [2.45, 2.75) is 12.6 Å². The van der Waals surface area contributed by atoms with E-state index in [4.69, 9.17) is 33.3 Å². The Morgan fingerprint density at radius 1 is 0.865 bits per heavy atom. The molecule has 5 aromatic rings. The molecule has 9 rings (SSSR count). The molecule has 3 aliphatic heterocycles. The van der Waals surface area contributed by atoms with E-state index in [-0.39, 0.29) is 0 Å². The van der Waals surface area contributed by atoms with Gasteiger partial charge in [-0.3, -0.25) is 0 Å². The average Bonchev–Trinajstić information content (AvgIpc) is 3.63. The molecule has 4 aliphatic rings. The molecule has 1 unspecified atom stereocenters. The second-order valence-corrected chi connectivity index (χ2v) is 9.26. The van der Waals surface area contributed by atoms with Gasteiger partial charge in [-0.25, -0.2) is 15.0 Å². The first-order chi connectivity index (χ1) is 18.3. The van der Waals surface area contributed by atoms with E-state index < -0.39 is 6.23 Å². The number of benzene rings is 3. The number of nitrogens with one attached hydrogen (secondary N) is 1. The highest BCUT2D eigenvalue weighted by Gasteiger charge is 2.33. The predicted octanol–water partition coefficient (Wildman–Crippen LogP) is 6.32. The van der Waals surface area contributed by atoms with Crippen LogP contribution in [-0.2, 0) is 4.74 Å². The molecule has 1 atom stereocenters. The highest BCUT2D eigenvalue weighted by molar-refractivity contribution is 6.06. The summed E-state index contributed by atoms with van der Waals surface area (Å²) in [5.74, 6) is 2.90. The molecule has 37 heavy (non-hydrogen) atoms. The van der Waals surface area contributed by atoms with E-state index in [1.807, 2.05) is 72.8 Å². The molecule has 0 saturated heterocycles. The molecule has 0 spiro atoms. The van der Waals surface area contributed by atoms with Crippen LogP contribution < -0.4 is 10.1 Å². The maximum Gasteiger partial charge on any atom is 0.231 e. The van der Waals surface area contributed by atoms with E-state index in [2.05, 4.69) is 5.32 Å². The zero-order chi connectivity index (χ0) is 24.1. The zero-order valence-corrected chi connectivity index (χ0v) is 19.2. The van der Waals surface area contributed by atoms with Crippen molar-refractivity contribution in [2.75, 3.05) is 5.32 Å². The first-order valence-corrected chi connectivity index (χ1v) is 12.0. The molecule has 0 radical (unpaired) electrons. The summed E-state index contributed by atoms with van der Waals surface area (Å²) in [6.45, 7) is 0. The van der Waals surface area contributed by atoms with Gasteiger partial charge >= 0.3 is 0 Å². The predicted molar refractivity (Wildman–Crippen MR) is 137 cm³/mol. The van der Waals surface area contributed by atoms with Crippen molar-refractivity contribution < 1.29 is 18.3 Å². The molecule has 9 bridgehead atoms. The lowest BCUT2D eigenvalue weighted by Crippen LogP contribution is -2.25. The Morgan fingerprint density at radius 2 is 1.73 bits per heavy atom. The van der Waals surface area contributed by atoms with E-state index in [0.29, 0.717) is 46.3 Å². The summed E-state index contributed by atoms with van der Waals surface area (Å²) < 4.78 is 25.4. The zero-order valence-electron chi connectivity index (χ0n) is 19.2. The van der Waals surface area contributed by atoms with Gasteiger partial charge in [0.2, 0.25) is 17.7 Å². The fourth-order valence-corrected chi connectivity index (χ4v) is 5.33. The average molecular weight is 484 g/mol. The normalized spacial score (nSPS) is 18.6. The van der Waals surface area contributed by atoms with Crippen molar-refractivity contribution in [1.29, 1.82) is 0 Å². The number of rotatable bonds is 0. The smallest absolute Gasteiger partial charge is 0.231 e. The van der Waals surface area contributed by atoms with Crippen LogP contribution in [0, 0.1) is 0 Å². The van der Waals surface area contributed by atoms with Crippen LogP contribution in [0.15, 0.2) is 104 Å². The molecule has 8 heteroatoms. The third kappa shape index (κ3) is 2.64. The number of nitrogens with zero attached hydrogens (tertiary/aromatic N) is 3. The Morgan fingerprint density at radius 3 is 2.73 bits per heavy atom. The number of aromatic nitrogens is 2. The molecule has 0 amide bonds. The number of hydrogen-bond acceptors (Lipinski definition) is 8. The van der Waals surface area contributed by atoms with Crippen molar-refractivity contribution in [2.24, 2.45) is 4.99 Å². The maximum absolute atomic E-state index is 6.46. The fraction of sp³-hybridized carbons (Fsp3) is 0.0690. The van der Waals surface area contributed by atoms with Crippen LogP contribution in [0.2, 0.25) is 0 Å². The van der Waals surface area contributed by atoms with Crippen LogP contribution in [0.1, 0.15) is 12.0 Å². The molecular weight excluding hydrogens is 468 g/mol. The van der Waals surface area contributed by atoms with Crippen molar-refractivity contribution in [3.63, 3.8) is 0 Å².